The summed E-state index contributed by atoms with van der Waals surface area (Å²) in [5, 5.41) is 1.32. The number of likely N-dealkylation sites (tertiary alicyclic amines) is 1. The summed E-state index contributed by atoms with van der Waals surface area (Å²) in [5.41, 5.74) is 4.54. The van der Waals surface area contributed by atoms with Crippen LogP contribution >= 0.6 is 0 Å². The second-order valence-electron chi connectivity index (χ2n) is 7.28. The van der Waals surface area contributed by atoms with Crippen LogP contribution in [0.5, 0.6) is 5.75 Å². The normalized spacial score (nSPS) is 17.3. The summed E-state index contributed by atoms with van der Waals surface area (Å²) in [6, 6.07) is 14.3. The number of nitrogens with zero attached hydrogens (tertiary/aromatic N) is 1. The number of piperidine rings is 1. The Balaban J connectivity index is 1.30. The van der Waals surface area contributed by atoms with Crippen molar-refractivity contribution >= 4 is 16.8 Å². The van der Waals surface area contributed by atoms with Crippen LogP contribution in [0.25, 0.3) is 10.9 Å². The van der Waals surface area contributed by atoms with Crippen LogP contribution in [0.2, 0.25) is 0 Å². The van der Waals surface area contributed by atoms with Crippen LogP contribution < -0.4 is 4.74 Å². The zero-order chi connectivity index (χ0) is 17.5. The summed E-state index contributed by atoms with van der Waals surface area (Å²) in [5.74, 6) is 1.60. The molecule has 3 heterocycles. The minimum Gasteiger partial charge on any atom is -0.493 e. The average molecular weight is 346 g/mol. The van der Waals surface area contributed by atoms with Crippen LogP contribution in [0.4, 0.5) is 0 Å². The Hall–Kier alpha value is -2.75. The fourth-order valence-electron chi connectivity index (χ4n) is 4.33. The van der Waals surface area contributed by atoms with Crippen molar-refractivity contribution in [1.29, 1.82) is 0 Å². The Bertz CT molecular complexity index is 967. The molecule has 0 spiro atoms. The van der Waals surface area contributed by atoms with E-state index in [1.54, 1.807) is 0 Å². The van der Waals surface area contributed by atoms with Crippen molar-refractivity contribution in [1.82, 2.24) is 9.88 Å². The SMILES string of the molecule is O=C(c1ccc2c(c1)CCO2)N1CCC(c2c[nH]c3ccccc23)CC1. The third-order valence-corrected chi connectivity index (χ3v) is 5.78. The first kappa shape index (κ1) is 15.5. The molecule has 4 heteroatoms. The van der Waals surface area contributed by atoms with Gasteiger partial charge in [0.05, 0.1) is 6.61 Å². The van der Waals surface area contributed by atoms with Gasteiger partial charge in [-0.3, -0.25) is 4.79 Å². The number of para-hydroxylation sites is 1. The molecule has 0 unspecified atom stereocenters. The summed E-state index contributed by atoms with van der Waals surface area (Å²) in [6.45, 7) is 2.36. The number of nitrogens with one attached hydrogen (secondary N) is 1. The molecule has 4 nitrogen and oxygen atoms in total. The molecule has 132 valence electrons. The lowest BCUT2D eigenvalue weighted by Gasteiger charge is -2.32. The predicted molar refractivity (Wildman–Crippen MR) is 102 cm³/mol. The summed E-state index contributed by atoms with van der Waals surface area (Å²) >= 11 is 0. The quantitative estimate of drug-likeness (QED) is 0.758. The molecule has 1 amide bonds. The van der Waals surface area contributed by atoms with E-state index in [1.807, 2.05) is 23.1 Å². The molecule has 0 aliphatic carbocycles. The number of benzene rings is 2. The maximum atomic E-state index is 12.9. The monoisotopic (exact) mass is 346 g/mol. The molecule has 0 atom stereocenters. The molecule has 26 heavy (non-hydrogen) atoms. The van der Waals surface area contributed by atoms with E-state index in [0.717, 1.165) is 55.8 Å². The largest absolute Gasteiger partial charge is 0.493 e. The maximum absolute atomic E-state index is 12.9. The highest BCUT2D eigenvalue weighted by molar-refractivity contribution is 5.94. The Morgan fingerprint density at radius 1 is 1.12 bits per heavy atom. The van der Waals surface area contributed by atoms with Crippen molar-refractivity contribution in [3.05, 3.63) is 65.4 Å². The van der Waals surface area contributed by atoms with Gasteiger partial charge in [-0.25, -0.2) is 0 Å². The highest BCUT2D eigenvalue weighted by atomic mass is 16.5. The van der Waals surface area contributed by atoms with Gasteiger partial charge < -0.3 is 14.6 Å². The van der Waals surface area contributed by atoms with E-state index >= 15 is 0 Å². The summed E-state index contributed by atoms with van der Waals surface area (Å²) in [7, 11) is 0. The van der Waals surface area contributed by atoms with Gasteiger partial charge >= 0.3 is 0 Å². The topological polar surface area (TPSA) is 45.3 Å². The van der Waals surface area contributed by atoms with Crippen molar-refractivity contribution in [2.45, 2.75) is 25.2 Å². The van der Waals surface area contributed by atoms with Crippen LogP contribution in [-0.2, 0) is 6.42 Å². The van der Waals surface area contributed by atoms with E-state index in [2.05, 4.69) is 35.4 Å². The second kappa shape index (κ2) is 6.20. The van der Waals surface area contributed by atoms with Crippen molar-refractivity contribution in [3.63, 3.8) is 0 Å². The maximum Gasteiger partial charge on any atom is 0.253 e. The fraction of sp³-hybridized carbons (Fsp3) is 0.318. The molecular weight excluding hydrogens is 324 g/mol. The van der Waals surface area contributed by atoms with E-state index < -0.39 is 0 Å². The van der Waals surface area contributed by atoms with E-state index in [4.69, 9.17) is 4.74 Å². The zero-order valence-electron chi connectivity index (χ0n) is 14.7. The number of carbonyl (C=O) groups excluding carboxylic acids is 1. The number of rotatable bonds is 2. The number of aromatic amines is 1. The highest BCUT2D eigenvalue weighted by Crippen LogP contribution is 2.34. The smallest absolute Gasteiger partial charge is 0.253 e. The van der Waals surface area contributed by atoms with Gasteiger partial charge in [-0.2, -0.15) is 0 Å². The minimum atomic E-state index is 0.150. The van der Waals surface area contributed by atoms with Gasteiger partial charge in [0.1, 0.15) is 5.75 Å². The third-order valence-electron chi connectivity index (χ3n) is 5.78. The van der Waals surface area contributed by atoms with Crippen molar-refractivity contribution in [2.24, 2.45) is 0 Å². The van der Waals surface area contributed by atoms with Gasteiger partial charge in [0, 0.05) is 42.2 Å². The number of H-pyrrole nitrogens is 1. The van der Waals surface area contributed by atoms with E-state index in [1.165, 1.54) is 16.5 Å². The van der Waals surface area contributed by atoms with E-state index in [0.29, 0.717) is 5.92 Å². The Morgan fingerprint density at radius 2 is 1.96 bits per heavy atom. The third kappa shape index (κ3) is 2.57. The molecule has 3 aromatic rings. The van der Waals surface area contributed by atoms with E-state index in [9.17, 15) is 4.79 Å². The molecule has 2 aliphatic rings. The zero-order valence-corrected chi connectivity index (χ0v) is 14.7. The van der Waals surface area contributed by atoms with Crippen LogP contribution in [0.3, 0.4) is 0 Å². The Kier molecular flexibility index (Phi) is 3.70. The molecule has 1 saturated heterocycles. The van der Waals surface area contributed by atoms with Crippen LogP contribution in [0.1, 0.15) is 40.2 Å². The number of hydrogen-bond acceptors (Lipinski definition) is 2. The minimum absolute atomic E-state index is 0.150. The second-order valence-corrected chi connectivity index (χ2v) is 7.28. The first-order chi connectivity index (χ1) is 12.8. The first-order valence-corrected chi connectivity index (χ1v) is 9.40. The van der Waals surface area contributed by atoms with Crippen LogP contribution in [0.15, 0.2) is 48.7 Å². The lowest BCUT2D eigenvalue weighted by Crippen LogP contribution is -2.37. The van der Waals surface area contributed by atoms with Crippen molar-refractivity contribution in [2.75, 3.05) is 19.7 Å². The Morgan fingerprint density at radius 3 is 2.85 bits per heavy atom. The van der Waals surface area contributed by atoms with Crippen LogP contribution in [0, 0.1) is 0 Å². The molecule has 1 fully saturated rings. The first-order valence-electron chi connectivity index (χ1n) is 9.40. The lowest BCUT2D eigenvalue weighted by atomic mass is 9.89. The molecule has 0 radical (unpaired) electrons. The molecule has 2 aliphatic heterocycles. The molecule has 5 rings (SSSR count). The summed E-state index contributed by atoms with van der Waals surface area (Å²) in [4.78, 5) is 18.3. The van der Waals surface area contributed by atoms with Gasteiger partial charge in [-0.15, -0.1) is 0 Å². The molecule has 0 saturated carbocycles. The number of fused-ring (bicyclic) bond motifs is 2. The number of carbonyl (C=O) groups is 1. The van der Waals surface area contributed by atoms with Gasteiger partial charge in [0.25, 0.3) is 5.91 Å². The highest BCUT2D eigenvalue weighted by Gasteiger charge is 2.26. The van der Waals surface area contributed by atoms with Crippen molar-refractivity contribution < 1.29 is 9.53 Å². The van der Waals surface area contributed by atoms with Crippen molar-refractivity contribution in [3.8, 4) is 5.75 Å². The Labute approximate surface area is 152 Å². The van der Waals surface area contributed by atoms with E-state index in [-0.39, 0.29) is 5.91 Å². The number of hydrogen-bond donors (Lipinski definition) is 1. The van der Waals surface area contributed by atoms with Gasteiger partial charge in [0.15, 0.2) is 0 Å². The number of aromatic nitrogens is 1. The van der Waals surface area contributed by atoms with Gasteiger partial charge in [-0.1, -0.05) is 18.2 Å². The molecule has 2 aromatic carbocycles. The summed E-state index contributed by atoms with van der Waals surface area (Å²) < 4.78 is 5.54. The predicted octanol–water partition coefficient (Wildman–Crippen LogP) is 4.12. The summed E-state index contributed by atoms with van der Waals surface area (Å²) in [6.07, 6.45) is 5.08. The molecular formula is C22H22N2O2. The van der Waals surface area contributed by atoms with Gasteiger partial charge in [0.2, 0.25) is 0 Å². The molecule has 1 aromatic heterocycles. The average Bonchev–Trinajstić information content (AvgIpc) is 3.34. The van der Waals surface area contributed by atoms with Crippen LogP contribution in [-0.4, -0.2) is 35.5 Å². The molecule has 1 N–H and O–H groups in total. The fourth-order valence-corrected chi connectivity index (χ4v) is 4.33. The number of ether oxygens (including phenoxy) is 1. The standard InChI is InChI=1S/C22H22N2O2/c25-22(17-5-6-21-16(13-17)9-12-26-21)24-10-7-15(8-11-24)19-14-23-20-4-2-1-3-18(19)20/h1-6,13-15,23H,7-12H2. The number of amides is 1. The molecule has 0 bridgehead atoms. The lowest BCUT2D eigenvalue weighted by molar-refractivity contribution is 0.0713. The van der Waals surface area contributed by atoms with Gasteiger partial charge in [-0.05, 0) is 54.2 Å².